The summed E-state index contributed by atoms with van der Waals surface area (Å²) in [7, 11) is 0. The Hall–Kier alpha value is -2.55. The first-order chi connectivity index (χ1) is 9.51. The molecule has 20 heavy (non-hydrogen) atoms. The zero-order valence-corrected chi connectivity index (χ0v) is 10.1. The highest BCUT2D eigenvalue weighted by Gasteiger charge is 2.11. The number of hydrogen-bond acceptors (Lipinski definition) is 2. The zero-order chi connectivity index (χ0) is 14.7. The van der Waals surface area contributed by atoms with Crippen LogP contribution in [-0.4, -0.2) is 0 Å². The fourth-order valence-electron chi connectivity index (χ4n) is 1.62. The van der Waals surface area contributed by atoms with E-state index in [4.69, 9.17) is 5.26 Å². The van der Waals surface area contributed by atoms with Crippen LogP contribution < -0.4 is 5.32 Å². The molecule has 0 aliphatic carbocycles. The van der Waals surface area contributed by atoms with Crippen LogP contribution in [0.4, 0.5) is 23.2 Å². The summed E-state index contributed by atoms with van der Waals surface area (Å²) >= 11 is 0. The zero-order valence-electron chi connectivity index (χ0n) is 10.1. The summed E-state index contributed by atoms with van der Waals surface area (Å²) in [4.78, 5) is 0. The van der Waals surface area contributed by atoms with Crippen molar-refractivity contribution < 1.29 is 17.6 Å². The molecule has 0 atom stereocenters. The van der Waals surface area contributed by atoms with Crippen LogP contribution in [0, 0.1) is 34.6 Å². The van der Waals surface area contributed by atoms with E-state index in [1.165, 1.54) is 12.1 Å². The molecule has 0 heterocycles. The van der Waals surface area contributed by atoms with Gasteiger partial charge >= 0.3 is 0 Å². The Balaban J connectivity index is 2.15. The summed E-state index contributed by atoms with van der Waals surface area (Å²) in [5.41, 5.74) is 0.379. The maximum atomic E-state index is 13.6. The third kappa shape index (κ3) is 2.88. The molecule has 2 aromatic carbocycles. The molecule has 2 nitrogen and oxygen atoms in total. The molecule has 6 heteroatoms. The largest absolute Gasteiger partial charge is 0.381 e. The van der Waals surface area contributed by atoms with Crippen LogP contribution in [0.5, 0.6) is 0 Å². The molecule has 0 saturated carbocycles. The van der Waals surface area contributed by atoms with Gasteiger partial charge in [0.15, 0.2) is 17.5 Å². The van der Waals surface area contributed by atoms with E-state index in [0.29, 0.717) is 0 Å². The first-order valence-corrected chi connectivity index (χ1v) is 5.58. The van der Waals surface area contributed by atoms with Crippen LogP contribution in [0.25, 0.3) is 0 Å². The van der Waals surface area contributed by atoms with Crippen molar-refractivity contribution in [2.45, 2.75) is 6.54 Å². The van der Waals surface area contributed by atoms with E-state index in [2.05, 4.69) is 5.32 Å². The van der Waals surface area contributed by atoms with Crippen LogP contribution in [0.1, 0.15) is 11.1 Å². The Kier molecular flexibility index (Phi) is 3.89. The number of rotatable bonds is 3. The van der Waals surface area contributed by atoms with Gasteiger partial charge in [-0.15, -0.1) is 0 Å². The molecule has 0 saturated heterocycles. The van der Waals surface area contributed by atoms with E-state index in [0.717, 1.165) is 18.2 Å². The smallest absolute Gasteiger partial charge is 0.194 e. The van der Waals surface area contributed by atoms with Gasteiger partial charge in [0.05, 0.1) is 11.6 Å². The Morgan fingerprint density at radius 3 is 2.15 bits per heavy atom. The highest BCUT2D eigenvalue weighted by Crippen LogP contribution is 2.19. The lowest BCUT2D eigenvalue weighted by molar-refractivity contribution is 0.447. The quantitative estimate of drug-likeness (QED) is 0.687. The molecule has 0 spiro atoms. The Morgan fingerprint density at radius 1 is 0.950 bits per heavy atom. The molecule has 0 unspecified atom stereocenters. The number of anilines is 1. The van der Waals surface area contributed by atoms with Crippen molar-refractivity contribution in [2.24, 2.45) is 0 Å². The summed E-state index contributed by atoms with van der Waals surface area (Å²) in [6.45, 7) is -0.0535. The van der Waals surface area contributed by atoms with E-state index >= 15 is 0 Å². The Morgan fingerprint density at radius 2 is 1.60 bits per heavy atom. The normalized spacial score (nSPS) is 10.2. The summed E-state index contributed by atoms with van der Waals surface area (Å²) in [6, 6.07) is 7.21. The number of nitrogens with zero attached hydrogens (tertiary/aromatic N) is 1. The van der Waals surface area contributed by atoms with Crippen molar-refractivity contribution in [1.82, 2.24) is 0 Å². The fourth-order valence-corrected chi connectivity index (χ4v) is 1.62. The maximum Gasteiger partial charge on any atom is 0.194 e. The fraction of sp³-hybridized carbons (Fsp3) is 0.0714. The van der Waals surface area contributed by atoms with Gasteiger partial charge in [0.25, 0.3) is 0 Å². The first kappa shape index (κ1) is 13.9. The van der Waals surface area contributed by atoms with Gasteiger partial charge in [-0.25, -0.2) is 17.6 Å². The number of nitrogens with one attached hydrogen (secondary N) is 1. The monoisotopic (exact) mass is 280 g/mol. The van der Waals surface area contributed by atoms with E-state index in [9.17, 15) is 17.6 Å². The van der Waals surface area contributed by atoms with Crippen molar-refractivity contribution in [2.75, 3.05) is 5.32 Å². The highest BCUT2D eigenvalue weighted by molar-refractivity contribution is 5.45. The van der Waals surface area contributed by atoms with Crippen LogP contribution in [0.15, 0.2) is 30.3 Å². The molecule has 102 valence electrons. The van der Waals surface area contributed by atoms with Crippen LogP contribution in [-0.2, 0) is 6.54 Å². The topological polar surface area (TPSA) is 35.8 Å². The van der Waals surface area contributed by atoms with Gasteiger partial charge in [-0.05, 0) is 12.1 Å². The van der Waals surface area contributed by atoms with Gasteiger partial charge in [-0.3, -0.25) is 0 Å². The predicted octanol–water partition coefficient (Wildman–Crippen LogP) is 3.73. The molecule has 1 N–H and O–H groups in total. The Bertz CT molecular complexity index is 669. The molecule has 0 fully saturated rings. The maximum absolute atomic E-state index is 13.6. The minimum Gasteiger partial charge on any atom is -0.381 e. The van der Waals surface area contributed by atoms with Crippen LogP contribution in [0.3, 0.4) is 0 Å². The SMILES string of the molecule is N#Cc1ccc(CNc2cc(F)c(F)c(F)c2)c(F)c1. The molecule has 0 aliphatic rings. The molecule has 0 aliphatic heterocycles. The lowest BCUT2D eigenvalue weighted by Crippen LogP contribution is -2.04. The number of nitriles is 1. The lowest BCUT2D eigenvalue weighted by atomic mass is 10.1. The van der Waals surface area contributed by atoms with E-state index < -0.39 is 23.3 Å². The molecule has 2 rings (SSSR count). The minimum atomic E-state index is -1.56. The van der Waals surface area contributed by atoms with E-state index in [-0.39, 0.29) is 23.4 Å². The first-order valence-electron chi connectivity index (χ1n) is 5.58. The molecular formula is C14H8F4N2. The molecule has 0 radical (unpaired) electrons. The lowest BCUT2D eigenvalue weighted by Gasteiger charge is -2.08. The third-order valence-corrected chi connectivity index (χ3v) is 2.65. The summed E-state index contributed by atoms with van der Waals surface area (Å²) in [5.74, 6) is -4.82. The summed E-state index contributed by atoms with van der Waals surface area (Å²) in [6.07, 6.45) is 0. The van der Waals surface area contributed by atoms with Crippen molar-refractivity contribution in [3.05, 3.63) is 64.7 Å². The second-order valence-electron chi connectivity index (χ2n) is 4.03. The van der Waals surface area contributed by atoms with Crippen LogP contribution >= 0.6 is 0 Å². The highest BCUT2D eigenvalue weighted by atomic mass is 19.2. The number of halogens is 4. The van der Waals surface area contributed by atoms with Gasteiger partial charge in [0.1, 0.15) is 5.82 Å². The van der Waals surface area contributed by atoms with Gasteiger partial charge in [-0.1, -0.05) is 6.07 Å². The van der Waals surface area contributed by atoms with Gasteiger partial charge in [-0.2, -0.15) is 5.26 Å². The standard InChI is InChI=1S/C14H8F4N2/c15-11-3-8(6-19)1-2-9(11)7-20-10-4-12(16)14(18)13(17)5-10/h1-5,20H,7H2. The Labute approximate surface area is 112 Å². The van der Waals surface area contributed by atoms with Crippen molar-refractivity contribution in [3.8, 4) is 6.07 Å². The van der Waals surface area contributed by atoms with Gasteiger partial charge in [0, 0.05) is 29.9 Å². The molecule has 2 aromatic rings. The average Bonchev–Trinajstić information content (AvgIpc) is 2.43. The minimum absolute atomic E-state index is 0.00911. The molecule has 0 amide bonds. The van der Waals surface area contributed by atoms with Gasteiger partial charge < -0.3 is 5.32 Å². The molecule has 0 aromatic heterocycles. The third-order valence-electron chi connectivity index (χ3n) is 2.65. The van der Waals surface area contributed by atoms with Crippen molar-refractivity contribution in [3.63, 3.8) is 0 Å². The van der Waals surface area contributed by atoms with Crippen LogP contribution in [0.2, 0.25) is 0 Å². The van der Waals surface area contributed by atoms with Gasteiger partial charge in [0.2, 0.25) is 0 Å². The summed E-state index contributed by atoms with van der Waals surface area (Å²) < 4.78 is 52.3. The second kappa shape index (κ2) is 5.61. The average molecular weight is 280 g/mol. The predicted molar refractivity (Wildman–Crippen MR) is 64.8 cm³/mol. The number of hydrogen-bond donors (Lipinski definition) is 1. The van der Waals surface area contributed by atoms with E-state index in [1.54, 1.807) is 6.07 Å². The second-order valence-corrected chi connectivity index (χ2v) is 4.03. The molecular weight excluding hydrogens is 272 g/mol. The number of benzene rings is 2. The van der Waals surface area contributed by atoms with E-state index in [1.807, 2.05) is 0 Å². The van der Waals surface area contributed by atoms with Crippen molar-refractivity contribution in [1.29, 1.82) is 5.26 Å². The molecule has 0 bridgehead atoms. The van der Waals surface area contributed by atoms with Crippen molar-refractivity contribution >= 4 is 5.69 Å². The summed E-state index contributed by atoms with van der Waals surface area (Å²) in [5, 5.41) is 11.2.